The SMILES string of the molecule is NCC1(CO)CC12CCc1cc(Br)ccc1C2. The molecule has 0 radical (unpaired) electrons. The van der Waals surface area contributed by atoms with Gasteiger partial charge in [0.25, 0.3) is 0 Å². The fourth-order valence-electron chi connectivity index (χ4n) is 3.61. The summed E-state index contributed by atoms with van der Waals surface area (Å²) in [5.74, 6) is 0. The van der Waals surface area contributed by atoms with Crippen molar-refractivity contribution in [3.63, 3.8) is 0 Å². The van der Waals surface area contributed by atoms with Crippen LogP contribution in [-0.2, 0) is 12.8 Å². The van der Waals surface area contributed by atoms with E-state index in [-0.39, 0.29) is 17.4 Å². The summed E-state index contributed by atoms with van der Waals surface area (Å²) in [6.07, 6.45) is 4.49. The highest BCUT2D eigenvalue weighted by Gasteiger charge is 2.65. The smallest absolute Gasteiger partial charge is 0.0505 e. The minimum Gasteiger partial charge on any atom is -0.396 e. The molecular weight excluding hydrogens is 278 g/mol. The van der Waals surface area contributed by atoms with Gasteiger partial charge >= 0.3 is 0 Å². The van der Waals surface area contributed by atoms with Gasteiger partial charge < -0.3 is 10.8 Å². The number of hydrogen-bond donors (Lipinski definition) is 2. The molecule has 2 atom stereocenters. The molecule has 17 heavy (non-hydrogen) atoms. The third kappa shape index (κ3) is 1.60. The van der Waals surface area contributed by atoms with E-state index in [2.05, 4.69) is 34.1 Å². The molecule has 3 rings (SSSR count). The van der Waals surface area contributed by atoms with Gasteiger partial charge in [0.05, 0.1) is 6.61 Å². The molecule has 3 heteroatoms. The molecule has 1 aromatic carbocycles. The van der Waals surface area contributed by atoms with Crippen molar-refractivity contribution in [2.24, 2.45) is 16.6 Å². The molecule has 0 saturated heterocycles. The molecule has 2 unspecified atom stereocenters. The summed E-state index contributed by atoms with van der Waals surface area (Å²) in [7, 11) is 0. The molecule has 2 aliphatic carbocycles. The van der Waals surface area contributed by atoms with Crippen molar-refractivity contribution in [2.75, 3.05) is 13.2 Å². The largest absolute Gasteiger partial charge is 0.396 e. The molecule has 0 heterocycles. The number of fused-ring (bicyclic) bond motifs is 1. The lowest BCUT2D eigenvalue weighted by molar-refractivity contribution is 0.166. The molecule has 1 saturated carbocycles. The maximum absolute atomic E-state index is 9.58. The molecule has 3 N–H and O–H groups in total. The minimum atomic E-state index is 0.0117. The summed E-state index contributed by atoms with van der Waals surface area (Å²) in [5.41, 5.74) is 9.07. The van der Waals surface area contributed by atoms with E-state index < -0.39 is 0 Å². The van der Waals surface area contributed by atoms with Crippen LogP contribution in [0.15, 0.2) is 22.7 Å². The van der Waals surface area contributed by atoms with Crippen LogP contribution in [0.3, 0.4) is 0 Å². The second-order valence-electron chi connectivity index (χ2n) is 5.69. The Labute approximate surface area is 110 Å². The van der Waals surface area contributed by atoms with Crippen LogP contribution in [0.2, 0.25) is 0 Å². The number of halogens is 1. The van der Waals surface area contributed by atoms with Crippen LogP contribution in [0.4, 0.5) is 0 Å². The van der Waals surface area contributed by atoms with Gasteiger partial charge in [0, 0.05) is 16.4 Å². The zero-order valence-electron chi connectivity index (χ0n) is 9.88. The first-order valence-electron chi connectivity index (χ1n) is 6.23. The van der Waals surface area contributed by atoms with Crippen molar-refractivity contribution in [1.29, 1.82) is 0 Å². The summed E-state index contributed by atoms with van der Waals surface area (Å²) >= 11 is 3.52. The third-order valence-corrected chi connectivity index (χ3v) is 5.43. The molecule has 1 spiro atoms. The van der Waals surface area contributed by atoms with Gasteiger partial charge in [0.1, 0.15) is 0 Å². The highest BCUT2D eigenvalue weighted by molar-refractivity contribution is 9.10. The Morgan fingerprint density at radius 1 is 1.35 bits per heavy atom. The monoisotopic (exact) mass is 295 g/mol. The average molecular weight is 296 g/mol. The normalized spacial score (nSPS) is 34.8. The van der Waals surface area contributed by atoms with Gasteiger partial charge in [-0.3, -0.25) is 0 Å². The van der Waals surface area contributed by atoms with Gasteiger partial charge in [-0.1, -0.05) is 22.0 Å². The lowest BCUT2D eigenvalue weighted by atomic mass is 9.76. The number of rotatable bonds is 2. The molecule has 0 aromatic heterocycles. The Hall–Kier alpha value is -0.380. The first kappa shape index (κ1) is 11.7. The molecule has 1 aromatic rings. The van der Waals surface area contributed by atoms with Crippen LogP contribution >= 0.6 is 15.9 Å². The summed E-state index contributed by atoms with van der Waals surface area (Å²) in [6, 6.07) is 6.56. The zero-order chi connectivity index (χ0) is 12.1. The second kappa shape index (κ2) is 3.81. The Morgan fingerprint density at radius 2 is 2.18 bits per heavy atom. The molecule has 2 aliphatic rings. The number of aryl methyl sites for hydroxylation is 1. The molecule has 0 amide bonds. The molecule has 0 bridgehead atoms. The summed E-state index contributed by atoms with van der Waals surface area (Å²) < 4.78 is 1.16. The minimum absolute atomic E-state index is 0.0117. The van der Waals surface area contributed by atoms with Crippen molar-refractivity contribution in [3.05, 3.63) is 33.8 Å². The summed E-state index contributed by atoms with van der Waals surface area (Å²) in [5, 5.41) is 9.58. The van der Waals surface area contributed by atoms with E-state index in [1.54, 1.807) is 0 Å². The highest BCUT2D eigenvalue weighted by Crippen LogP contribution is 2.68. The fraction of sp³-hybridized carbons (Fsp3) is 0.571. The maximum Gasteiger partial charge on any atom is 0.0505 e. The van der Waals surface area contributed by atoms with Crippen molar-refractivity contribution in [3.8, 4) is 0 Å². The predicted molar refractivity (Wildman–Crippen MR) is 71.8 cm³/mol. The molecule has 1 fully saturated rings. The van der Waals surface area contributed by atoms with Gasteiger partial charge in [0.15, 0.2) is 0 Å². The fourth-order valence-corrected chi connectivity index (χ4v) is 4.02. The number of nitrogens with two attached hydrogens (primary N) is 1. The number of benzene rings is 1. The average Bonchev–Trinajstić information content (AvgIpc) is 2.98. The van der Waals surface area contributed by atoms with Crippen LogP contribution in [0, 0.1) is 10.8 Å². The lowest BCUT2D eigenvalue weighted by Crippen LogP contribution is -2.30. The number of aliphatic hydroxyl groups excluding tert-OH is 1. The van der Waals surface area contributed by atoms with Crippen molar-refractivity contribution < 1.29 is 5.11 Å². The van der Waals surface area contributed by atoms with Gasteiger partial charge in [-0.15, -0.1) is 0 Å². The summed E-state index contributed by atoms with van der Waals surface area (Å²) in [6.45, 7) is 0.866. The Balaban J connectivity index is 1.90. The molecule has 2 nitrogen and oxygen atoms in total. The first-order valence-corrected chi connectivity index (χ1v) is 7.02. The zero-order valence-corrected chi connectivity index (χ0v) is 11.5. The van der Waals surface area contributed by atoms with E-state index in [1.807, 2.05) is 0 Å². The first-order chi connectivity index (χ1) is 8.15. The van der Waals surface area contributed by atoms with Gasteiger partial charge in [-0.05, 0) is 54.4 Å². The van der Waals surface area contributed by atoms with Crippen molar-refractivity contribution in [2.45, 2.75) is 25.7 Å². The Bertz CT molecular complexity index is 456. The maximum atomic E-state index is 9.58. The van der Waals surface area contributed by atoms with Gasteiger partial charge in [-0.2, -0.15) is 0 Å². The standard InChI is InChI=1S/C14H18BrNO/c15-12-2-1-11-6-13(4-3-10(11)5-12)7-14(13,8-16)9-17/h1-2,5,17H,3-4,6-9,16H2. The molecule has 92 valence electrons. The molecular formula is C14H18BrNO. The quantitative estimate of drug-likeness (QED) is 0.879. The topological polar surface area (TPSA) is 46.2 Å². The summed E-state index contributed by atoms with van der Waals surface area (Å²) in [4.78, 5) is 0. The molecule has 0 aliphatic heterocycles. The third-order valence-electron chi connectivity index (χ3n) is 4.94. The van der Waals surface area contributed by atoms with Crippen LogP contribution in [-0.4, -0.2) is 18.3 Å². The highest BCUT2D eigenvalue weighted by atomic mass is 79.9. The van der Waals surface area contributed by atoms with E-state index in [0.29, 0.717) is 6.54 Å². The van der Waals surface area contributed by atoms with Crippen LogP contribution in [0.25, 0.3) is 0 Å². The van der Waals surface area contributed by atoms with Gasteiger partial charge in [-0.25, -0.2) is 0 Å². The van der Waals surface area contributed by atoms with E-state index in [1.165, 1.54) is 17.5 Å². The lowest BCUT2D eigenvalue weighted by Gasteiger charge is -2.29. The second-order valence-corrected chi connectivity index (χ2v) is 6.61. The van der Waals surface area contributed by atoms with Crippen molar-refractivity contribution in [1.82, 2.24) is 0 Å². The van der Waals surface area contributed by atoms with Crippen LogP contribution in [0.5, 0.6) is 0 Å². The van der Waals surface area contributed by atoms with Gasteiger partial charge in [0.2, 0.25) is 0 Å². The number of aliphatic hydroxyl groups is 1. The van der Waals surface area contributed by atoms with E-state index in [0.717, 1.165) is 23.7 Å². The van der Waals surface area contributed by atoms with E-state index in [4.69, 9.17) is 5.73 Å². The van der Waals surface area contributed by atoms with E-state index in [9.17, 15) is 5.11 Å². The van der Waals surface area contributed by atoms with Crippen LogP contribution in [0.1, 0.15) is 24.0 Å². The van der Waals surface area contributed by atoms with E-state index >= 15 is 0 Å². The Kier molecular flexibility index (Phi) is 2.62. The Morgan fingerprint density at radius 3 is 2.82 bits per heavy atom. The van der Waals surface area contributed by atoms with Crippen molar-refractivity contribution >= 4 is 15.9 Å². The predicted octanol–water partition coefficient (Wildman–Crippen LogP) is 2.27. The van der Waals surface area contributed by atoms with Crippen LogP contribution < -0.4 is 5.73 Å². The number of hydrogen-bond acceptors (Lipinski definition) is 2.